The number of benzene rings is 2. The maximum absolute atomic E-state index is 13.0. The molecule has 3 aromatic rings. The van der Waals surface area contributed by atoms with E-state index in [2.05, 4.69) is 39.0 Å². The highest BCUT2D eigenvalue weighted by Gasteiger charge is 2.26. The molecule has 0 aliphatic carbocycles. The van der Waals surface area contributed by atoms with E-state index in [0.717, 1.165) is 57.1 Å². The number of rotatable bonds is 6. The summed E-state index contributed by atoms with van der Waals surface area (Å²) in [6.07, 6.45) is 3.60. The molecule has 0 saturated carbocycles. The molecular formula is C29H32N4O4. The summed E-state index contributed by atoms with van der Waals surface area (Å²) in [5.41, 5.74) is 1.90. The van der Waals surface area contributed by atoms with Crippen LogP contribution < -0.4 is 19.1 Å². The number of amides is 1. The fraction of sp³-hybridized carbons (Fsp3) is 0.379. The molecule has 0 unspecified atom stereocenters. The van der Waals surface area contributed by atoms with Gasteiger partial charge in [-0.3, -0.25) is 9.69 Å². The number of hydrogen-bond acceptors (Lipinski definition) is 7. The van der Waals surface area contributed by atoms with E-state index in [1.54, 1.807) is 12.1 Å². The largest absolute Gasteiger partial charge is 0.490 e. The third-order valence-electron chi connectivity index (χ3n) is 7.30. The van der Waals surface area contributed by atoms with Crippen LogP contribution in [0.1, 0.15) is 28.8 Å². The zero-order valence-corrected chi connectivity index (χ0v) is 20.9. The summed E-state index contributed by atoms with van der Waals surface area (Å²) in [4.78, 5) is 24.2. The summed E-state index contributed by atoms with van der Waals surface area (Å²) in [7, 11) is 0. The molecule has 2 saturated heterocycles. The monoisotopic (exact) mass is 500 g/mol. The Morgan fingerprint density at radius 2 is 1.73 bits per heavy atom. The van der Waals surface area contributed by atoms with Crippen LogP contribution in [-0.2, 0) is 6.54 Å². The summed E-state index contributed by atoms with van der Waals surface area (Å²) in [5, 5.41) is 0. The second kappa shape index (κ2) is 10.7. The summed E-state index contributed by atoms with van der Waals surface area (Å²) in [6, 6.07) is 19.9. The van der Waals surface area contributed by atoms with Crippen molar-refractivity contribution in [1.82, 2.24) is 14.8 Å². The van der Waals surface area contributed by atoms with Crippen LogP contribution in [-0.4, -0.2) is 72.9 Å². The van der Waals surface area contributed by atoms with Crippen LogP contribution in [0.4, 0.5) is 5.82 Å². The summed E-state index contributed by atoms with van der Waals surface area (Å²) in [6.45, 7) is 6.47. The zero-order valence-electron chi connectivity index (χ0n) is 20.9. The lowest BCUT2D eigenvalue weighted by Gasteiger charge is -2.35. The van der Waals surface area contributed by atoms with Gasteiger partial charge >= 0.3 is 0 Å². The minimum absolute atomic E-state index is 0.0295. The topological polar surface area (TPSA) is 67.4 Å². The number of fused-ring (bicyclic) bond motifs is 1. The first-order valence-electron chi connectivity index (χ1n) is 13.0. The van der Waals surface area contributed by atoms with Gasteiger partial charge in [0.15, 0.2) is 11.5 Å². The molecule has 8 heteroatoms. The highest BCUT2D eigenvalue weighted by atomic mass is 16.7. The van der Waals surface area contributed by atoms with Crippen LogP contribution in [0, 0.1) is 0 Å². The first kappa shape index (κ1) is 23.6. The van der Waals surface area contributed by atoms with Crippen molar-refractivity contribution in [2.45, 2.75) is 25.5 Å². The third kappa shape index (κ3) is 5.49. The Morgan fingerprint density at radius 3 is 2.54 bits per heavy atom. The minimum Gasteiger partial charge on any atom is -0.490 e. The number of carbonyl (C=O) groups excluding carboxylic acids is 1. The first-order chi connectivity index (χ1) is 18.2. The number of hydrogen-bond donors (Lipinski definition) is 0. The second-order valence-electron chi connectivity index (χ2n) is 9.78. The first-order valence-corrected chi connectivity index (χ1v) is 13.0. The molecule has 0 N–H and O–H groups in total. The molecule has 4 heterocycles. The fourth-order valence-corrected chi connectivity index (χ4v) is 5.23. The van der Waals surface area contributed by atoms with Gasteiger partial charge < -0.3 is 24.0 Å². The van der Waals surface area contributed by atoms with Gasteiger partial charge in [0.1, 0.15) is 17.7 Å². The van der Waals surface area contributed by atoms with E-state index in [-0.39, 0.29) is 18.8 Å². The van der Waals surface area contributed by atoms with Gasteiger partial charge in [-0.25, -0.2) is 4.98 Å². The number of pyridine rings is 1. The van der Waals surface area contributed by atoms with E-state index >= 15 is 0 Å². The lowest BCUT2D eigenvalue weighted by atomic mass is 10.1. The average Bonchev–Trinajstić information content (AvgIpc) is 3.42. The van der Waals surface area contributed by atoms with Crippen LogP contribution in [0.25, 0.3) is 0 Å². The van der Waals surface area contributed by atoms with Crippen molar-refractivity contribution in [3.8, 4) is 17.2 Å². The number of carbonyl (C=O) groups is 1. The molecule has 8 nitrogen and oxygen atoms in total. The number of anilines is 1. The van der Waals surface area contributed by atoms with Gasteiger partial charge in [-0.1, -0.05) is 18.2 Å². The van der Waals surface area contributed by atoms with Crippen LogP contribution in [0.15, 0.2) is 66.9 Å². The third-order valence-corrected chi connectivity index (χ3v) is 7.30. The SMILES string of the molecule is O=C(c1ccc2c(c1)OCO2)N1CCC(Oc2cccc(CN3CCN(c4ccccn4)CC3)c2)CC1. The lowest BCUT2D eigenvalue weighted by Crippen LogP contribution is -2.46. The molecule has 0 spiro atoms. The summed E-state index contributed by atoms with van der Waals surface area (Å²) in [5.74, 6) is 3.32. The van der Waals surface area contributed by atoms with Crippen molar-refractivity contribution in [1.29, 1.82) is 0 Å². The van der Waals surface area contributed by atoms with E-state index in [1.165, 1.54) is 5.56 Å². The lowest BCUT2D eigenvalue weighted by molar-refractivity contribution is 0.0595. The van der Waals surface area contributed by atoms with Crippen molar-refractivity contribution in [2.75, 3.05) is 51.0 Å². The Labute approximate surface area is 217 Å². The van der Waals surface area contributed by atoms with Gasteiger partial charge in [-0.15, -0.1) is 0 Å². The number of likely N-dealkylation sites (tertiary alicyclic amines) is 1. The smallest absolute Gasteiger partial charge is 0.253 e. The molecular weight excluding hydrogens is 468 g/mol. The summed E-state index contributed by atoms with van der Waals surface area (Å²) >= 11 is 0. The van der Waals surface area contributed by atoms with Crippen LogP contribution in [0.5, 0.6) is 17.2 Å². The molecule has 6 rings (SSSR count). The second-order valence-corrected chi connectivity index (χ2v) is 9.78. The number of piperazine rings is 1. The molecule has 3 aliphatic heterocycles. The van der Waals surface area contributed by atoms with E-state index in [1.807, 2.05) is 35.4 Å². The number of nitrogens with zero attached hydrogens (tertiary/aromatic N) is 4. The molecule has 1 aromatic heterocycles. The van der Waals surface area contributed by atoms with Crippen LogP contribution in [0.2, 0.25) is 0 Å². The highest BCUT2D eigenvalue weighted by molar-refractivity contribution is 5.95. The molecule has 1 amide bonds. The predicted molar refractivity (Wildman–Crippen MR) is 140 cm³/mol. The average molecular weight is 501 g/mol. The van der Waals surface area contributed by atoms with Crippen molar-refractivity contribution < 1.29 is 19.0 Å². The van der Waals surface area contributed by atoms with E-state index in [4.69, 9.17) is 14.2 Å². The molecule has 192 valence electrons. The van der Waals surface area contributed by atoms with E-state index in [0.29, 0.717) is 30.2 Å². The van der Waals surface area contributed by atoms with Gasteiger partial charge in [0.05, 0.1) is 0 Å². The number of piperidine rings is 1. The van der Waals surface area contributed by atoms with E-state index in [9.17, 15) is 4.79 Å². The van der Waals surface area contributed by atoms with Crippen LogP contribution >= 0.6 is 0 Å². The van der Waals surface area contributed by atoms with Gasteiger partial charge in [0, 0.05) is 70.4 Å². The fourth-order valence-electron chi connectivity index (χ4n) is 5.23. The maximum Gasteiger partial charge on any atom is 0.253 e. The Balaban J connectivity index is 0.983. The Morgan fingerprint density at radius 1 is 0.892 bits per heavy atom. The number of aromatic nitrogens is 1. The van der Waals surface area contributed by atoms with Gasteiger partial charge in [0.2, 0.25) is 6.79 Å². The standard InChI is InChI=1S/C29H32N4O4/c34-29(23-7-8-26-27(19-23)36-21-35-26)33-12-9-24(10-13-33)37-25-5-3-4-22(18-25)20-31-14-16-32(17-15-31)28-6-1-2-11-30-28/h1-8,11,18-19,24H,9-10,12-17,20-21H2. The predicted octanol–water partition coefficient (Wildman–Crippen LogP) is 3.82. The Bertz CT molecular complexity index is 1220. The number of ether oxygens (including phenoxy) is 3. The van der Waals surface area contributed by atoms with Crippen molar-refractivity contribution in [3.05, 3.63) is 78.0 Å². The van der Waals surface area contributed by atoms with Gasteiger partial charge in [-0.2, -0.15) is 0 Å². The van der Waals surface area contributed by atoms with Crippen molar-refractivity contribution >= 4 is 11.7 Å². The van der Waals surface area contributed by atoms with Gasteiger partial charge in [-0.05, 0) is 48.0 Å². The maximum atomic E-state index is 13.0. The van der Waals surface area contributed by atoms with Crippen molar-refractivity contribution in [3.63, 3.8) is 0 Å². The zero-order chi connectivity index (χ0) is 25.0. The highest BCUT2D eigenvalue weighted by Crippen LogP contribution is 2.33. The summed E-state index contributed by atoms with van der Waals surface area (Å²) < 4.78 is 17.1. The Hall–Kier alpha value is -3.78. The normalized spacial score (nSPS) is 18.2. The quantitative estimate of drug-likeness (QED) is 0.510. The van der Waals surface area contributed by atoms with Crippen molar-refractivity contribution in [2.24, 2.45) is 0 Å². The molecule has 2 aromatic carbocycles. The van der Waals surface area contributed by atoms with E-state index < -0.39 is 0 Å². The Kier molecular flexibility index (Phi) is 6.82. The van der Waals surface area contributed by atoms with Gasteiger partial charge in [0.25, 0.3) is 5.91 Å². The molecule has 3 aliphatic rings. The minimum atomic E-state index is 0.0295. The van der Waals surface area contributed by atoms with Crippen LogP contribution in [0.3, 0.4) is 0 Å². The molecule has 0 atom stereocenters. The molecule has 0 bridgehead atoms. The molecule has 37 heavy (non-hydrogen) atoms. The molecule has 0 radical (unpaired) electrons. The molecule has 2 fully saturated rings.